The van der Waals surface area contributed by atoms with Gasteiger partial charge >= 0.3 is 0 Å². The van der Waals surface area contributed by atoms with Gasteiger partial charge in [0, 0.05) is 6.42 Å². The number of nitrogens with one attached hydrogen (secondary N) is 1. The largest absolute Gasteiger partial charge is 0.345 e. The Labute approximate surface area is 147 Å². The minimum Gasteiger partial charge on any atom is -0.345 e. The molecule has 1 amide bonds. The highest BCUT2D eigenvalue weighted by atomic mass is 16.1. The lowest BCUT2D eigenvalue weighted by Gasteiger charge is -2.14. The third-order valence-corrected chi connectivity index (χ3v) is 4.83. The Morgan fingerprint density at radius 2 is 1.68 bits per heavy atom. The summed E-state index contributed by atoms with van der Waals surface area (Å²) in [6.45, 7) is 0.302. The van der Waals surface area contributed by atoms with Crippen LogP contribution in [-0.4, -0.2) is 12.5 Å². The molecule has 2 nitrogen and oxygen atoms in total. The first-order valence-corrected chi connectivity index (χ1v) is 8.63. The molecule has 1 N–H and O–H groups in total. The average Bonchev–Trinajstić information content (AvgIpc) is 2.65. The van der Waals surface area contributed by atoms with Crippen molar-refractivity contribution < 1.29 is 4.79 Å². The normalized spacial score (nSPS) is 11.2. The standard InChI is InChI=1S/C23H19NO/c1-2-14-24-21(25)11-5-8-18-15-19-9-3-6-16-12-13-17-7-4-10-20(18)23(17)22(16)19/h1,3-4,6-7,9-10,12-13,15H,5,8,11,14H2,(H,24,25). The molecule has 4 aromatic rings. The maximum atomic E-state index is 11.8. The predicted molar refractivity (Wildman–Crippen MR) is 105 cm³/mol. The number of hydrogen-bond donors (Lipinski definition) is 1. The molecule has 0 aromatic heterocycles. The molecule has 0 heterocycles. The fourth-order valence-corrected chi connectivity index (χ4v) is 3.72. The van der Waals surface area contributed by atoms with Crippen LogP contribution < -0.4 is 5.32 Å². The molecule has 4 rings (SSSR count). The third-order valence-electron chi connectivity index (χ3n) is 4.83. The number of hydrogen-bond acceptors (Lipinski definition) is 1. The second-order valence-corrected chi connectivity index (χ2v) is 6.42. The number of carbonyl (C=O) groups excluding carboxylic acids is 1. The lowest BCUT2D eigenvalue weighted by Crippen LogP contribution is -2.23. The second-order valence-electron chi connectivity index (χ2n) is 6.42. The molecule has 0 radical (unpaired) electrons. The molecular weight excluding hydrogens is 306 g/mol. The molecule has 0 aliphatic carbocycles. The molecular formula is C23H19NO. The molecule has 0 atom stereocenters. The summed E-state index contributed by atoms with van der Waals surface area (Å²) in [7, 11) is 0. The van der Waals surface area contributed by atoms with Gasteiger partial charge in [0.1, 0.15) is 0 Å². The number of amides is 1. The molecule has 2 heteroatoms. The second kappa shape index (κ2) is 6.45. The van der Waals surface area contributed by atoms with Gasteiger partial charge in [-0.15, -0.1) is 6.42 Å². The molecule has 0 saturated carbocycles. The number of terminal acetylenes is 1. The molecule has 0 aliphatic heterocycles. The highest BCUT2D eigenvalue weighted by Crippen LogP contribution is 2.36. The molecule has 0 unspecified atom stereocenters. The van der Waals surface area contributed by atoms with Gasteiger partial charge in [-0.05, 0) is 50.7 Å². The van der Waals surface area contributed by atoms with Gasteiger partial charge in [0.15, 0.2) is 0 Å². The summed E-state index contributed by atoms with van der Waals surface area (Å²) in [5, 5.41) is 10.5. The lowest BCUT2D eigenvalue weighted by atomic mass is 9.90. The zero-order valence-corrected chi connectivity index (χ0v) is 14.0. The monoisotopic (exact) mass is 325 g/mol. The number of aryl methyl sites for hydroxylation is 1. The minimum absolute atomic E-state index is 0.0232. The maximum absolute atomic E-state index is 11.8. The molecule has 25 heavy (non-hydrogen) atoms. The maximum Gasteiger partial charge on any atom is 0.220 e. The number of carbonyl (C=O) groups is 1. The molecule has 0 aliphatic rings. The van der Waals surface area contributed by atoms with Gasteiger partial charge in [-0.3, -0.25) is 4.79 Å². The SMILES string of the molecule is C#CCNC(=O)CCCc1cc2cccc3ccc4cccc1c4c32. The summed E-state index contributed by atoms with van der Waals surface area (Å²) in [4.78, 5) is 11.8. The van der Waals surface area contributed by atoms with E-state index in [4.69, 9.17) is 6.42 Å². The summed E-state index contributed by atoms with van der Waals surface area (Å²) in [5.74, 6) is 2.45. The van der Waals surface area contributed by atoms with E-state index in [1.807, 2.05) is 0 Å². The Kier molecular flexibility index (Phi) is 3.99. The first-order valence-electron chi connectivity index (χ1n) is 8.63. The van der Waals surface area contributed by atoms with Gasteiger partial charge in [0.05, 0.1) is 6.54 Å². The van der Waals surface area contributed by atoms with Crippen LogP contribution in [0.1, 0.15) is 18.4 Å². The van der Waals surface area contributed by atoms with Crippen LogP contribution in [0.3, 0.4) is 0 Å². The van der Waals surface area contributed by atoms with Crippen LogP contribution in [0.5, 0.6) is 0 Å². The van der Waals surface area contributed by atoms with Gasteiger partial charge in [-0.2, -0.15) is 0 Å². The van der Waals surface area contributed by atoms with Crippen molar-refractivity contribution >= 4 is 38.2 Å². The van der Waals surface area contributed by atoms with Gasteiger partial charge in [0.2, 0.25) is 5.91 Å². The van der Waals surface area contributed by atoms with Crippen LogP contribution >= 0.6 is 0 Å². The van der Waals surface area contributed by atoms with Crippen molar-refractivity contribution in [3.63, 3.8) is 0 Å². The van der Waals surface area contributed by atoms with Gasteiger partial charge < -0.3 is 5.32 Å². The van der Waals surface area contributed by atoms with E-state index < -0.39 is 0 Å². The highest BCUT2D eigenvalue weighted by molar-refractivity contribution is 6.23. The summed E-state index contributed by atoms with van der Waals surface area (Å²) < 4.78 is 0. The number of benzene rings is 4. The van der Waals surface area contributed by atoms with E-state index in [-0.39, 0.29) is 5.91 Å². The summed E-state index contributed by atoms with van der Waals surface area (Å²) in [6, 6.07) is 19.6. The van der Waals surface area contributed by atoms with E-state index in [0.717, 1.165) is 12.8 Å². The van der Waals surface area contributed by atoms with Crippen molar-refractivity contribution in [2.75, 3.05) is 6.54 Å². The van der Waals surface area contributed by atoms with E-state index in [2.05, 4.69) is 65.8 Å². The van der Waals surface area contributed by atoms with E-state index in [0.29, 0.717) is 13.0 Å². The Morgan fingerprint density at radius 3 is 2.48 bits per heavy atom. The zero-order valence-electron chi connectivity index (χ0n) is 14.0. The van der Waals surface area contributed by atoms with Crippen LogP contribution in [-0.2, 0) is 11.2 Å². The van der Waals surface area contributed by atoms with Crippen LogP contribution in [0.25, 0.3) is 32.3 Å². The summed E-state index contributed by atoms with van der Waals surface area (Å²) in [5.41, 5.74) is 1.31. The van der Waals surface area contributed by atoms with E-state index in [1.165, 1.54) is 37.9 Å². The van der Waals surface area contributed by atoms with Crippen molar-refractivity contribution in [2.45, 2.75) is 19.3 Å². The first kappa shape index (κ1) is 15.5. The third kappa shape index (κ3) is 2.79. The van der Waals surface area contributed by atoms with E-state index >= 15 is 0 Å². The van der Waals surface area contributed by atoms with Crippen LogP contribution in [0.2, 0.25) is 0 Å². The Bertz CT molecular complexity index is 1100. The van der Waals surface area contributed by atoms with Crippen molar-refractivity contribution in [1.82, 2.24) is 5.32 Å². The predicted octanol–water partition coefficient (Wildman–Crippen LogP) is 4.66. The van der Waals surface area contributed by atoms with Crippen LogP contribution in [0.15, 0.2) is 54.6 Å². The fourth-order valence-electron chi connectivity index (χ4n) is 3.72. The molecule has 0 bridgehead atoms. The number of rotatable bonds is 5. The quantitative estimate of drug-likeness (QED) is 0.420. The lowest BCUT2D eigenvalue weighted by molar-refractivity contribution is -0.120. The topological polar surface area (TPSA) is 29.1 Å². The van der Waals surface area contributed by atoms with Crippen LogP contribution in [0, 0.1) is 12.3 Å². The molecule has 4 aromatic carbocycles. The van der Waals surface area contributed by atoms with Gasteiger partial charge in [-0.1, -0.05) is 60.5 Å². The molecule has 0 saturated heterocycles. The summed E-state index contributed by atoms with van der Waals surface area (Å²) >= 11 is 0. The van der Waals surface area contributed by atoms with E-state index in [1.54, 1.807) is 0 Å². The Balaban J connectivity index is 1.72. The Morgan fingerprint density at radius 1 is 0.960 bits per heavy atom. The fraction of sp³-hybridized carbons (Fsp3) is 0.174. The summed E-state index contributed by atoms with van der Waals surface area (Å²) in [6.07, 6.45) is 7.37. The van der Waals surface area contributed by atoms with Crippen molar-refractivity contribution in [1.29, 1.82) is 0 Å². The first-order chi connectivity index (χ1) is 12.3. The Hall–Kier alpha value is -3.05. The zero-order chi connectivity index (χ0) is 17.2. The van der Waals surface area contributed by atoms with Crippen LogP contribution in [0.4, 0.5) is 0 Å². The van der Waals surface area contributed by atoms with E-state index in [9.17, 15) is 4.79 Å². The van der Waals surface area contributed by atoms with Gasteiger partial charge in [0.25, 0.3) is 0 Å². The van der Waals surface area contributed by atoms with Crippen molar-refractivity contribution in [3.05, 3.63) is 60.2 Å². The molecule has 122 valence electrons. The molecule has 0 spiro atoms. The van der Waals surface area contributed by atoms with Gasteiger partial charge in [-0.25, -0.2) is 0 Å². The minimum atomic E-state index is 0.0232. The van der Waals surface area contributed by atoms with Crippen molar-refractivity contribution in [2.24, 2.45) is 0 Å². The average molecular weight is 325 g/mol. The van der Waals surface area contributed by atoms with Crippen molar-refractivity contribution in [3.8, 4) is 12.3 Å². The smallest absolute Gasteiger partial charge is 0.220 e. The molecule has 0 fully saturated rings. The highest BCUT2D eigenvalue weighted by Gasteiger charge is 2.11.